The fourth-order valence-corrected chi connectivity index (χ4v) is 5.57. The highest BCUT2D eigenvalue weighted by Crippen LogP contribution is 2.47. The van der Waals surface area contributed by atoms with Crippen LogP contribution in [-0.2, 0) is 0 Å². The van der Waals surface area contributed by atoms with E-state index in [9.17, 15) is 4.79 Å². The maximum Gasteiger partial charge on any atom is 0.326 e. The first-order chi connectivity index (χ1) is 13.2. The van der Waals surface area contributed by atoms with Crippen molar-refractivity contribution in [1.82, 2.24) is 14.5 Å². The minimum atomic E-state index is 0.0358. The Morgan fingerprint density at radius 1 is 1.04 bits per heavy atom. The molecule has 0 bridgehead atoms. The second kappa shape index (κ2) is 6.38. The third-order valence-electron chi connectivity index (χ3n) is 6.81. The SMILES string of the molecule is C[C@]12CCC[C@@H](c3ccccc3)N1CC[C@@H](n1c(=O)[nH]c3ccccc31)C2. The Morgan fingerprint density at radius 2 is 1.81 bits per heavy atom. The van der Waals surface area contributed by atoms with Crippen molar-refractivity contribution in [3.63, 3.8) is 0 Å². The van der Waals surface area contributed by atoms with Gasteiger partial charge in [0.2, 0.25) is 0 Å². The zero-order valence-electron chi connectivity index (χ0n) is 15.9. The summed E-state index contributed by atoms with van der Waals surface area (Å²) in [4.78, 5) is 18.4. The molecule has 1 aromatic heterocycles. The Morgan fingerprint density at radius 3 is 2.67 bits per heavy atom. The van der Waals surface area contributed by atoms with E-state index >= 15 is 0 Å². The number of H-pyrrole nitrogens is 1. The lowest BCUT2D eigenvalue weighted by Gasteiger charge is -2.54. The van der Waals surface area contributed by atoms with E-state index in [4.69, 9.17) is 0 Å². The average molecular weight is 361 g/mol. The van der Waals surface area contributed by atoms with Gasteiger partial charge in [0.1, 0.15) is 0 Å². The molecule has 3 heterocycles. The van der Waals surface area contributed by atoms with E-state index in [1.165, 1.54) is 24.8 Å². The number of hydrogen-bond donors (Lipinski definition) is 1. The van der Waals surface area contributed by atoms with Crippen molar-refractivity contribution in [3.05, 3.63) is 70.6 Å². The van der Waals surface area contributed by atoms with Gasteiger partial charge >= 0.3 is 5.69 Å². The summed E-state index contributed by atoms with van der Waals surface area (Å²) in [6.45, 7) is 3.46. The molecule has 4 nitrogen and oxygen atoms in total. The fourth-order valence-electron chi connectivity index (χ4n) is 5.57. The Balaban J connectivity index is 1.48. The van der Waals surface area contributed by atoms with Gasteiger partial charge < -0.3 is 4.98 Å². The molecule has 27 heavy (non-hydrogen) atoms. The van der Waals surface area contributed by atoms with E-state index in [1.807, 2.05) is 22.8 Å². The molecular formula is C23H27N3O. The van der Waals surface area contributed by atoms with Gasteiger partial charge in [-0.15, -0.1) is 0 Å². The predicted molar refractivity (Wildman–Crippen MR) is 109 cm³/mol. The van der Waals surface area contributed by atoms with Gasteiger partial charge in [-0.25, -0.2) is 4.79 Å². The standard InChI is InChI=1S/C23H27N3O/c1-23-14-7-12-20(17-8-3-2-4-9-17)25(23)15-13-18(16-23)26-21-11-6-5-10-19(21)24-22(26)27/h2-6,8-11,18,20H,7,12-16H2,1H3,(H,24,27)/t18-,20+,23-/m1/s1. The van der Waals surface area contributed by atoms with Crippen LogP contribution in [0.3, 0.4) is 0 Å². The minimum Gasteiger partial charge on any atom is -0.306 e. The minimum absolute atomic E-state index is 0.0358. The molecule has 140 valence electrons. The summed E-state index contributed by atoms with van der Waals surface area (Å²) in [5.74, 6) is 0. The van der Waals surface area contributed by atoms with Crippen molar-refractivity contribution in [1.29, 1.82) is 0 Å². The lowest BCUT2D eigenvalue weighted by atomic mass is 9.75. The van der Waals surface area contributed by atoms with E-state index in [1.54, 1.807) is 0 Å². The number of para-hydroxylation sites is 2. The number of imidazole rings is 1. The van der Waals surface area contributed by atoms with Crippen LogP contribution in [0.1, 0.15) is 56.7 Å². The molecule has 2 aromatic carbocycles. The maximum atomic E-state index is 12.7. The fraction of sp³-hybridized carbons (Fsp3) is 0.435. The van der Waals surface area contributed by atoms with Gasteiger partial charge in [-0.1, -0.05) is 42.5 Å². The van der Waals surface area contributed by atoms with Crippen molar-refractivity contribution in [2.75, 3.05) is 6.54 Å². The topological polar surface area (TPSA) is 41.0 Å². The molecule has 0 spiro atoms. The van der Waals surface area contributed by atoms with Gasteiger partial charge in [0.05, 0.1) is 11.0 Å². The van der Waals surface area contributed by atoms with E-state index in [2.05, 4.69) is 53.2 Å². The summed E-state index contributed by atoms with van der Waals surface area (Å²) in [6, 6.07) is 19.8. The number of benzene rings is 2. The zero-order valence-corrected chi connectivity index (χ0v) is 15.9. The second-order valence-corrected chi connectivity index (χ2v) is 8.47. The van der Waals surface area contributed by atoms with E-state index < -0.39 is 0 Å². The normalized spacial score (nSPS) is 28.9. The molecule has 0 aliphatic carbocycles. The molecule has 0 radical (unpaired) electrons. The molecule has 4 heteroatoms. The van der Waals surface area contributed by atoms with Gasteiger partial charge in [-0.05, 0) is 56.7 Å². The van der Waals surface area contributed by atoms with Gasteiger partial charge in [-0.3, -0.25) is 9.47 Å². The molecule has 2 aliphatic heterocycles. The van der Waals surface area contributed by atoms with Crippen LogP contribution in [-0.4, -0.2) is 26.5 Å². The molecule has 2 saturated heterocycles. The lowest BCUT2D eigenvalue weighted by molar-refractivity contribution is -0.0359. The van der Waals surface area contributed by atoms with Crippen molar-refractivity contribution >= 4 is 11.0 Å². The molecule has 3 aromatic rings. The first-order valence-corrected chi connectivity index (χ1v) is 10.2. The number of fused-ring (bicyclic) bond motifs is 2. The molecule has 0 unspecified atom stereocenters. The third-order valence-corrected chi connectivity index (χ3v) is 6.81. The van der Waals surface area contributed by atoms with Gasteiger partial charge in [0.25, 0.3) is 0 Å². The van der Waals surface area contributed by atoms with Crippen LogP contribution in [0.4, 0.5) is 0 Å². The van der Waals surface area contributed by atoms with Crippen LogP contribution >= 0.6 is 0 Å². The molecule has 0 saturated carbocycles. The Hall–Kier alpha value is -2.33. The zero-order chi connectivity index (χ0) is 18.4. The molecule has 2 aliphatic rings. The number of aromatic amines is 1. The summed E-state index contributed by atoms with van der Waals surface area (Å²) in [5, 5.41) is 0. The molecule has 2 fully saturated rings. The highest BCUT2D eigenvalue weighted by atomic mass is 16.1. The summed E-state index contributed by atoms with van der Waals surface area (Å²) < 4.78 is 2.02. The Kier molecular flexibility index (Phi) is 3.97. The van der Waals surface area contributed by atoms with Gasteiger partial charge in [0, 0.05) is 24.2 Å². The smallest absolute Gasteiger partial charge is 0.306 e. The van der Waals surface area contributed by atoms with Gasteiger partial charge in [-0.2, -0.15) is 0 Å². The van der Waals surface area contributed by atoms with Crippen LogP contribution in [0.5, 0.6) is 0 Å². The van der Waals surface area contributed by atoms with Crippen molar-refractivity contribution in [3.8, 4) is 0 Å². The number of piperidine rings is 2. The predicted octanol–water partition coefficient (Wildman–Crippen LogP) is 4.65. The molecule has 3 atom stereocenters. The largest absolute Gasteiger partial charge is 0.326 e. The highest BCUT2D eigenvalue weighted by Gasteiger charge is 2.45. The number of aromatic nitrogens is 2. The highest BCUT2D eigenvalue weighted by molar-refractivity contribution is 5.75. The molecule has 0 amide bonds. The van der Waals surface area contributed by atoms with Crippen molar-refractivity contribution in [2.45, 2.75) is 56.7 Å². The van der Waals surface area contributed by atoms with E-state index in [0.29, 0.717) is 6.04 Å². The Labute approximate surface area is 159 Å². The summed E-state index contributed by atoms with van der Waals surface area (Å²) in [7, 11) is 0. The molecular weight excluding hydrogens is 334 g/mol. The first-order valence-electron chi connectivity index (χ1n) is 10.2. The first kappa shape index (κ1) is 16.8. The number of nitrogens with zero attached hydrogens (tertiary/aromatic N) is 2. The summed E-state index contributed by atoms with van der Waals surface area (Å²) >= 11 is 0. The summed E-state index contributed by atoms with van der Waals surface area (Å²) in [6.07, 6.45) is 5.77. The van der Waals surface area contributed by atoms with E-state index in [-0.39, 0.29) is 17.3 Å². The summed E-state index contributed by atoms with van der Waals surface area (Å²) in [5.41, 5.74) is 3.61. The Bertz CT molecular complexity index is 1010. The molecule has 5 rings (SSSR count). The lowest BCUT2D eigenvalue weighted by Crippen LogP contribution is -2.56. The maximum absolute atomic E-state index is 12.7. The average Bonchev–Trinajstić information content (AvgIpc) is 3.03. The number of rotatable bonds is 2. The van der Waals surface area contributed by atoms with Crippen LogP contribution in [0.25, 0.3) is 11.0 Å². The van der Waals surface area contributed by atoms with Crippen LogP contribution in [0, 0.1) is 0 Å². The van der Waals surface area contributed by atoms with E-state index in [0.717, 1.165) is 30.4 Å². The van der Waals surface area contributed by atoms with Crippen molar-refractivity contribution in [2.24, 2.45) is 0 Å². The number of nitrogens with one attached hydrogen (secondary N) is 1. The quantitative estimate of drug-likeness (QED) is 0.722. The monoisotopic (exact) mass is 361 g/mol. The number of hydrogen-bond acceptors (Lipinski definition) is 2. The van der Waals surface area contributed by atoms with Crippen molar-refractivity contribution < 1.29 is 0 Å². The third kappa shape index (κ3) is 2.74. The van der Waals surface area contributed by atoms with Crippen LogP contribution in [0.2, 0.25) is 0 Å². The van der Waals surface area contributed by atoms with Gasteiger partial charge in [0.15, 0.2) is 0 Å². The second-order valence-electron chi connectivity index (χ2n) is 8.47. The molecule has 1 N–H and O–H groups in total. The van der Waals surface area contributed by atoms with Crippen LogP contribution in [0.15, 0.2) is 59.4 Å². The van der Waals surface area contributed by atoms with Crippen LogP contribution < -0.4 is 5.69 Å².